The summed E-state index contributed by atoms with van der Waals surface area (Å²) in [7, 11) is 3.24. The van der Waals surface area contributed by atoms with Crippen molar-refractivity contribution in [3.63, 3.8) is 0 Å². The number of nitrogens with zero attached hydrogens (tertiary/aromatic N) is 2. The molecule has 1 heterocycles. The number of rotatable bonds is 12. The molecule has 1 aliphatic rings. The summed E-state index contributed by atoms with van der Waals surface area (Å²) in [6.45, 7) is 6.72. The molecular formula is C31H38N4O5. The van der Waals surface area contributed by atoms with E-state index in [1.165, 1.54) is 0 Å². The van der Waals surface area contributed by atoms with Crippen molar-refractivity contribution in [2.24, 2.45) is 0 Å². The van der Waals surface area contributed by atoms with Gasteiger partial charge in [-0.25, -0.2) is 0 Å². The molecule has 0 aliphatic carbocycles. The molecule has 1 aliphatic heterocycles. The summed E-state index contributed by atoms with van der Waals surface area (Å²) in [6.07, 6.45) is 0.721. The molecule has 3 aromatic rings. The van der Waals surface area contributed by atoms with Crippen LogP contribution in [0.2, 0.25) is 0 Å². The Bertz CT molecular complexity index is 1290. The number of benzene rings is 3. The molecule has 9 heteroatoms. The first-order valence-electron chi connectivity index (χ1n) is 13.6. The zero-order valence-electron chi connectivity index (χ0n) is 23.4. The quantitative estimate of drug-likeness (QED) is 0.325. The fraction of sp³-hybridized carbons (Fsp3) is 0.355. The third-order valence-electron chi connectivity index (χ3n) is 6.83. The van der Waals surface area contributed by atoms with E-state index < -0.39 is 0 Å². The minimum absolute atomic E-state index is 0.184. The first-order valence-corrected chi connectivity index (χ1v) is 13.6. The van der Waals surface area contributed by atoms with Crippen LogP contribution in [0.3, 0.4) is 0 Å². The average molecular weight is 547 g/mol. The second-order valence-electron chi connectivity index (χ2n) is 9.37. The molecule has 4 rings (SSSR count). The maximum Gasteiger partial charge on any atom is 0.255 e. The molecule has 0 aromatic heterocycles. The van der Waals surface area contributed by atoms with Gasteiger partial charge in [-0.05, 0) is 61.9 Å². The average Bonchev–Trinajstić information content (AvgIpc) is 3.01. The second-order valence-corrected chi connectivity index (χ2v) is 9.37. The Morgan fingerprint density at radius 3 is 2.30 bits per heavy atom. The molecule has 0 bridgehead atoms. The van der Waals surface area contributed by atoms with E-state index in [4.69, 9.17) is 14.2 Å². The van der Waals surface area contributed by atoms with Crippen molar-refractivity contribution in [1.82, 2.24) is 5.32 Å². The van der Waals surface area contributed by atoms with Crippen molar-refractivity contribution < 1.29 is 23.8 Å². The number of piperazine rings is 1. The first kappa shape index (κ1) is 28.8. The van der Waals surface area contributed by atoms with Crippen LogP contribution in [0.15, 0.2) is 66.7 Å². The number of hydrogen-bond donors (Lipinski definition) is 2. The zero-order valence-corrected chi connectivity index (χ0v) is 23.4. The third kappa shape index (κ3) is 7.24. The minimum atomic E-state index is -0.278. The monoisotopic (exact) mass is 546 g/mol. The number of carbonyl (C=O) groups is 2. The van der Waals surface area contributed by atoms with E-state index in [0.29, 0.717) is 42.3 Å². The summed E-state index contributed by atoms with van der Waals surface area (Å²) in [5.74, 6) is 0.984. The Morgan fingerprint density at radius 2 is 1.57 bits per heavy atom. The van der Waals surface area contributed by atoms with Crippen molar-refractivity contribution in [1.29, 1.82) is 0 Å². The molecule has 0 spiro atoms. The molecule has 0 atom stereocenters. The van der Waals surface area contributed by atoms with Crippen LogP contribution in [0.5, 0.6) is 11.5 Å². The predicted molar refractivity (Wildman–Crippen MR) is 158 cm³/mol. The topological polar surface area (TPSA) is 92.4 Å². The van der Waals surface area contributed by atoms with E-state index in [1.54, 1.807) is 44.6 Å². The Labute approximate surface area is 236 Å². The van der Waals surface area contributed by atoms with Crippen LogP contribution in [0.25, 0.3) is 0 Å². The lowest BCUT2D eigenvalue weighted by Gasteiger charge is -2.38. The highest BCUT2D eigenvalue weighted by molar-refractivity contribution is 6.06. The Balaban J connectivity index is 1.52. The molecule has 9 nitrogen and oxygen atoms in total. The van der Waals surface area contributed by atoms with Crippen molar-refractivity contribution >= 4 is 28.9 Å². The van der Waals surface area contributed by atoms with Gasteiger partial charge in [0, 0.05) is 62.9 Å². The van der Waals surface area contributed by atoms with Crippen molar-refractivity contribution in [3.05, 3.63) is 77.9 Å². The molecule has 0 saturated carbocycles. The number of anilines is 3. The lowest BCUT2D eigenvalue weighted by atomic mass is 10.1. The maximum absolute atomic E-state index is 13.4. The van der Waals surface area contributed by atoms with Crippen LogP contribution in [0.1, 0.15) is 34.1 Å². The summed E-state index contributed by atoms with van der Waals surface area (Å²) in [5.41, 5.74) is 3.43. The minimum Gasteiger partial charge on any atom is -0.497 e. The molecule has 3 aromatic carbocycles. The number of methoxy groups -OCH3 is 2. The summed E-state index contributed by atoms with van der Waals surface area (Å²) in [4.78, 5) is 30.8. The van der Waals surface area contributed by atoms with Crippen molar-refractivity contribution in [3.8, 4) is 11.5 Å². The van der Waals surface area contributed by atoms with E-state index in [0.717, 1.165) is 49.7 Å². The SMILES string of the molecule is CCOCCCNC(=O)c1cc(NC(=O)c2cccc(OC)c2)ccc1N1CCN(c2ccccc2OC)CC1. The summed E-state index contributed by atoms with van der Waals surface area (Å²) >= 11 is 0. The summed E-state index contributed by atoms with van der Waals surface area (Å²) in [5, 5.41) is 5.94. The first-order chi connectivity index (χ1) is 19.5. The standard InChI is InChI=1S/C31H38N4O5/c1-4-40-20-8-15-32-31(37)26-22-24(33-30(36)23-9-7-10-25(21-23)38-2)13-14-27(26)34-16-18-35(19-17-34)28-11-5-6-12-29(28)39-3/h5-7,9-14,21-22H,4,8,15-20H2,1-3H3,(H,32,37)(H,33,36). The smallest absolute Gasteiger partial charge is 0.255 e. The van der Waals surface area contributed by atoms with Crippen LogP contribution in [-0.2, 0) is 4.74 Å². The number of amides is 2. The molecular weight excluding hydrogens is 508 g/mol. The highest BCUT2D eigenvalue weighted by Gasteiger charge is 2.24. The molecule has 1 fully saturated rings. The normalized spacial score (nSPS) is 13.1. The van der Waals surface area contributed by atoms with Gasteiger partial charge in [0.2, 0.25) is 0 Å². The molecule has 2 amide bonds. The van der Waals surface area contributed by atoms with Gasteiger partial charge in [-0.15, -0.1) is 0 Å². The van der Waals surface area contributed by atoms with Gasteiger partial charge in [0.05, 0.1) is 25.5 Å². The highest BCUT2D eigenvalue weighted by atomic mass is 16.5. The van der Waals surface area contributed by atoms with Gasteiger partial charge in [0.15, 0.2) is 0 Å². The number of ether oxygens (including phenoxy) is 3. The molecule has 2 N–H and O–H groups in total. The van der Waals surface area contributed by atoms with Gasteiger partial charge in [-0.2, -0.15) is 0 Å². The largest absolute Gasteiger partial charge is 0.497 e. The highest BCUT2D eigenvalue weighted by Crippen LogP contribution is 2.31. The van der Waals surface area contributed by atoms with Crippen LogP contribution >= 0.6 is 0 Å². The van der Waals surface area contributed by atoms with Gasteiger partial charge in [0.25, 0.3) is 11.8 Å². The fourth-order valence-corrected chi connectivity index (χ4v) is 4.73. The van der Waals surface area contributed by atoms with Crippen LogP contribution in [0, 0.1) is 0 Å². The fourth-order valence-electron chi connectivity index (χ4n) is 4.73. The van der Waals surface area contributed by atoms with E-state index in [-0.39, 0.29) is 11.8 Å². The van der Waals surface area contributed by atoms with Crippen LogP contribution in [0.4, 0.5) is 17.1 Å². The van der Waals surface area contributed by atoms with Gasteiger partial charge in [0.1, 0.15) is 11.5 Å². The van der Waals surface area contributed by atoms with E-state index >= 15 is 0 Å². The zero-order chi connectivity index (χ0) is 28.3. The Kier molecular flexibility index (Phi) is 10.2. The molecule has 0 unspecified atom stereocenters. The molecule has 40 heavy (non-hydrogen) atoms. The summed E-state index contributed by atoms with van der Waals surface area (Å²) < 4.78 is 16.2. The third-order valence-corrected chi connectivity index (χ3v) is 6.83. The Hall–Kier alpha value is -4.24. The Morgan fingerprint density at radius 1 is 0.825 bits per heavy atom. The molecule has 0 radical (unpaired) electrons. The van der Waals surface area contributed by atoms with Crippen LogP contribution in [-0.4, -0.2) is 72.0 Å². The number of para-hydroxylation sites is 2. The van der Waals surface area contributed by atoms with Crippen LogP contribution < -0.4 is 29.9 Å². The number of nitrogens with one attached hydrogen (secondary N) is 2. The van der Waals surface area contributed by atoms with Crippen molar-refractivity contribution in [2.75, 3.05) is 75.3 Å². The molecule has 1 saturated heterocycles. The molecule has 212 valence electrons. The number of carbonyl (C=O) groups excluding carboxylic acids is 2. The van der Waals surface area contributed by atoms with E-state index in [2.05, 4.69) is 26.5 Å². The van der Waals surface area contributed by atoms with Gasteiger partial charge in [-0.1, -0.05) is 18.2 Å². The summed E-state index contributed by atoms with van der Waals surface area (Å²) in [6, 6.07) is 20.5. The van der Waals surface area contributed by atoms with Gasteiger partial charge in [-0.3, -0.25) is 9.59 Å². The maximum atomic E-state index is 13.4. The van der Waals surface area contributed by atoms with Gasteiger partial charge >= 0.3 is 0 Å². The lowest BCUT2D eigenvalue weighted by molar-refractivity contribution is 0.0943. The lowest BCUT2D eigenvalue weighted by Crippen LogP contribution is -2.47. The second kappa shape index (κ2) is 14.2. The predicted octanol–water partition coefficient (Wildman–Crippen LogP) is 4.44. The van der Waals surface area contributed by atoms with Crippen molar-refractivity contribution in [2.45, 2.75) is 13.3 Å². The van der Waals surface area contributed by atoms with E-state index in [9.17, 15) is 9.59 Å². The number of hydrogen-bond acceptors (Lipinski definition) is 7. The van der Waals surface area contributed by atoms with E-state index in [1.807, 2.05) is 37.3 Å². The van der Waals surface area contributed by atoms with Gasteiger partial charge < -0.3 is 34.6 Å².